The summed E-state index contributed by atoms with van der Waals surface area (Å²) in [6.45, 7) is 0.237. The van der Waals surface area contributed by atoms with Crippen molar-refractivity contribution in [3.63, 3.8) is 0 Å². The van der Waals surface area contributed by atoms with Crippen molar-refractivity contribution < 1.29 is 9.36 Å². The lowest BCUT2D eigenvalue weighted by molar-refractivity contribution is -0.683. The fourth-order valence-electron chi connectivity index (χ4n) is 3.26. The van der Waals surface area contributed by atoms with Crippen molar-refractivity contribution in [2.45, 2.75) is 13.0 Å². The SMILES string of the molecule is N#Cc1ccc[n+](CC(=O)c2ccc3c(c2)Cc2ccccc2-3)c1. The molecule has 0 atom stereocenters. The van der Waals surface area contributed by atoms with E-state index in [0.29, 0.717) is 5.56 Å². The predicted molar refractivity (Wildman–Crippen MR) is 90.4 cm³/mol. The van der Waals surface area contributed by atoms with Gasteiger partial charge >= 0.3 is 0 Å². The largest absolute Gasteiger partial charge is 0.287 e. The molecule has 1 aliphatic carbocycles. The molecule has 0 N–H and O–H groups in total. The van der Waals surface area contributed by atoms with Crippen LogP contribution >= 0.6 is 0 Å². The van der Waals surface area contributed by atoms with Crippen molar-refractivity contribution in [1.29, 1.82) is 5.26 Å². The molecule has 3 aromatic rings. The van der Waals surface area contributed by atoms with Gasteiger partial charge in [-0.25, -0.2) is 0 Å². The summed E-state index contributed by atoms with van der Waals surface area (Å²) in [5.41, 5.74) is 6.28. The van der Waals surface area contributed by atoms with E-state index < -0.39 is 0 Å². The smallest absolute Gasteiger partial charge is 0.227 e. The van der Waals surface area contributed by atoms with Crippen LogP contribution in [-0.2, 0) is 13.0 Å². The third-order valence-corrected chi connectivity index (χ3v) is 4.43. The Labute approximate surface area is 140 Å². The van der Waals surface area contributed by atoms with Crippen LogP contribution in [0.4, 0.5) is 0 Å². The number of hydrogen-bond acceptors (Lipinski definition) is 2. The molecule has 0 spiro atoms. The molecule has 1 aliphatic rings. The molecule has 3 heteroatoms. The highest BCUT2D eigenvalue weighted by molar-refractivity contribution is 5.96. The van der Waals surface area contributed by atoms with Crippen LogP contribution in [0.15, 0.2) is 67.0 Å². The first kappa shape index (κ1) is 14.3. The third kappa shape index (κ3) is 2.49. The number of hydrogen-bond donors (Lipinski definition) is 0. The maximum atomic E-state index is 12.6. The highest BCUT2D eigenvalue weighted by Gasteiger charge is 2.20. The number of benzene rings is 2. The van der Waals surface area contributed by atoms with Crippen molar-refractivity contribution in [2.75, 3.05) is 0 Å². The Balaban J connectivity index is 1.61. The average molecular weight is 311 g/mol. The monoisotopic (exact) mass is 311 g/mol. The summed E-state index contributed by atoms with van der Waals surface area (Å²) in [7, 11) is 0. The summed E-state index contributed by atoms with van der Waals surface area (Å²) < 4.78 is 1.75. The van der Waals surface area contributed by atoms with Gasteiger partial charge in [0, 0.05) is 11.6 Å². The molecule has 4 rings (SSSR count). The van der Waals surface area contributed by atoms with Crippen LogP contribution in [0.5, 0.6) is 0 Å². The molecule has 0 radical (unpaired) electrons. The zero-order chi connectivity index (χ0) is 16.5. The van der Waals surface area contributed by atoms with Gasteiger partial charge < -0.3 is 0 Å². The molecule has 0 saturated heterocycles. The van der Waals surface area contributed by atoms with Crippen LogP contribution in [-0.4, -0.2) is 5.78 Å². The molecule has 114 valence electrons. The van der Waals surface area contributed by atoms with Gasteiger partial charge in [-0.1, -0.05) is 36.4 Å². The highest BCUT2D eigenvalue weighted by atomic mass is 16.1. The van der Waals surface area contributed by atoms with E-state index in [-0.39, 0.29) is 12.3 Å². The second kappa shape index (κ2) is 5.75. The van der Waals surface area contributed by atoms with Crippen LogP contribution in [0.2, 0.25) is 0 Å². The molecular weight excluding hydrogens is 296 g/mol. The number of Topliss-reactive ketones (excluding diaryl/α,β-unsaturated/α-hetero) is 1. The fourth-order valence-corrected chi connectivity index (χ4v) is 3.26. The van der Waals surface area contributed by atoms with Gasteiger partial charge in [-0.15, -0.1) is 0 Å². The second-order valence-corrected chi connectivity index (χ2v) is 6.01. The molecule has 2 aromatic carbocycles. The summed E-state index contributed by atoms with van der Waals surface area (Å²) in [5, 5.41) is 8.96. The lowest BCUT2D eigenvalue weighted by atomic mass is 10.0. The number of fused-ring (bicyclic) bond motifs is 3. The van der Waals surface area contributed by atoms with Crippen molar-refractivity contribution in [3.05, 3.63) is 89.2 Å². The molecule has 0 aliphatic heterocycles. The van der Waals surface area contributed by atoms with Crippen molar-refractivity contribution in [3.8, 4) is 17.2 Å². The standard InChI is InChI=1S/C21H15N2O/c22-12-15-4-3-9-23(13-15)14-21(24)17-7-8-20-18(11-17)10-16-5-1-2-6-19(16)20/h1-9,11,13H,10,14H2/q+1. The number of pyridine rings is 1. The molecule has 1 aromatic heterocycles. The van der Waals surface area contributed by atoms with Gasteiger partial charge in [0.2, 0.25) is 12.3 Å². The van der Waals surface area contributed by atoms with E-state index in [0.717, 1.165) is 12.0 Å². The Hall–Kier alpha value is -3.25. The zero-order valence-corrected chi connectivity index (χ0v) is 13.1. The van der Waals surface area contributed by atoms with Crippen LogP contribution in [0, 0.1) is 11.3 Å². The Morgan fingerprint density at radius 3 is 2.75 bits per heavy atom. The molecule has 0 unspecified atom stereocenters. The normalized spacial score (nSPS) is 11.5. The van der Waals surface area contributed by atoms with Crippen molar-refractivity contribution >= 4 is 5.78 Å². The van der Waals surface area contributed by atoms with Gasteiger partial charge in [-0.3, -0.25) is 4.79 Å². The third-order valence-electron chi connectivity index (χ3n) is 4.43. The lowest BCUT2D eigenvalue weighted by Gasteiger charge is -2.03. The fraction of sp³-hybridized carbons (Fsp3) is 0.0952. The van der Waals surface area contributed by atoms with E-state index in [1.165, 1.54) is 22.3 Å². The van der Waals surface area contributed by atoms with E-state index >= 15 is 0 Å². The van der Waals surface area contributed by atoms with E-state index in [1.807, 2.05) is 30.5 Å². The summed E-state index contributed by atoms with van der Waals surface area (Å²) in [5.74, 6) is 0.0499. The molecule has 0 fully saturated rings. The van der Waals surface area contributed by atoms with Gasteiger partial charge in [0.05, 0.1) is 0 Å². The minimum absolute atomic E-state index is 0.0499. The van der Waals surface area contributed by atoms with Crippen LogP contribution in [0.3, 0.4) is 0 Å². The van der Waals surface area contributed by atoms with E-state index in [1.54, 1.807) is 22.9 Å². The van der Waals surface area contributed by atoms with Crippen molar-refractivity contribution in [2.24, 2.45) is 0 Å². The average Bonchev–Trinajstić information content (AvgIpc) is 2.99. The Bertz CT molecular complexity index is 999. The Morgan fingerprint density at radius 2 is 1.88 bits per heavy atom. The molecule has 0 saturated carbocycles. The minimum Gasteiger partial charge on any atom is -0.287 e. The van der Waals surface area contributed by atoms with Crippen LogP contribution in [0.1, 0.15) is 27.0 Å². The second-order valence-electron chi connectivity index (χ2n) is 6.01. The van der Waals surface area contributed by atoms with Crippen LogP contribution in [0.25, 0.3) is 11.1 Å². The number of aromatic nitrogens is 1. The van der Waals surface area contributed by atoms with Crippen molar-refractivity contribution in [1.82, 2.24) is 0 Å². The maximum absolute atomic E-state index is 12.6. The predicted octanol–water partition coefficient (Wildman–Crippen LogP) is 3.30. The summed E-state index contributed by atoms with van der Waals surface area (Å²) in [6.07, 6.45) is 4.38. The number of nitrogens with zero attached hydrogens (tertiary/aromatic N) is 2. The minimum atomic E-state index is 0.0499. The summed E-state index contributed by atoms with van der Waals surface area (Å²) in [4.78, 5) is 12.6. The van der Waals surface area contributed by atoms with E-state index in [9.17, 15) is 4.79 Å². The van der Waals surface area contributed by atoms with Gasteiger partial charge in [-0.2, -0.15) is 9.83 Å². The van der Waals surface area contributed by atoms with Gasteiger partial charge in [0.15, 0.2) is 12.4 Å². The lowest BCUT2D eigenvalue weighted by Crippen LogP contribution is -2.37. The quantitative estimate of drug-likeness (QED) is 0.430. The Morgan fingerprint density at radius 1 is 1.04 bits per heavy atom. The number of carbonyl (C=O) groups excluding carboxylic acids is 1. The topological polar surface area (TPSA) is 44.7 Å². The number of carbonyl (C=O) groups is 1. The molecular formula is C21H15N2O+. The first-order valence-electron chi connectivity index (χ1n) is 7.88. The van der Waals surface area contributed by atoms with Gasteiger partial charge in [0.25, 0.3) is 0 Å². The first-order valence-corrected chi connectivity index (χ1v) is 7.88. The Kier molecular flexibility index (Phi) is 3.44. The molecule has 24 heavy (non-hydrogen) atoms. The summed E-state index contributed by atoms with van der Waals surface area (Å²) >= 11 is 0. The first-order chi connectivity index (χ1) is 11.7. The van der Waals surface area contributed by atoms with Gasteiger partial charge in [-0.05, 0) is 40.8 Å². The molecule has 0 bridgehead atoms. The number of rotatable bonds is 3. The van der Waals surface area contributed by atoms with Crippen LogP contribution < -0.4 is 4.57 Å². The summed E-state index contributed by atoms with van der Waals surface area (Å²) in [6, 6.07) is 19.9. The van der Waals surface area contributed by atoms with E-state index in [4.69, 9.17) is 5.26 Å². The maximum Gasteiger partial charge on any atom is 0.227 e. The van der Waals surface area contributed by atoms with E-state index in [2.05, 4.69) is 24.3 Å². The molecule has 1 heterocycles. The highest BCUT2D eigenvalue weighted by Crippen LogP contribution is 2.36. The number of nitriles is 1. The zero-order valence-electron chi connectivity index (χ0n) is 13.1. The number of ketones is 1. The van der Waals surface area contributed by atoms with Gasteiger partial charge in [0.1, 0.15) is 11.6 Å². The molecule has 3 nitrogen and oxygen atoms in total. The molecule has 0 amide bonds.